The number of nitrogens with one attached hydrogen (secondary N) is 2. The number of imide groups is 1. The van der Waals surface area contributed by atoms with Crippen LogP contribution in [-0.4, -0.2) is 39.5 Å². The van der Waals surface area contributed by atoms with Gasteiger partial charge in [-0.25, -0.2) is 4.79 Å². The van der Waals surface area contributed by atoms with Gasteiger partial charge in [-0.15, -0.1) is 16.8 Å². The third-order valence-electron chi connectivity index (χ3n) is 2.03. The van der Waals surface area contributed by atoms with Crippen molar-refractivity contribution in [3.63, 3.8) is 0 Å². The van der Waals surface area contributed by atoms with E-state index >= 15 is 0 Å². The van der Waals surface area contributed by atoms with E-state index in [0.29, 0.717) is 11.7 Å². The van der Waals surface area contributed by atoms with Crippen molar-refractivity contribution < 1.29 is 9.59 Å². The Labute approximate surface area is 109 Å². The average Bonchev–Trinajstić information content (AvgIpc) is 2.69. The minimum atomic E-state index is -0.524. The number of hydrogen-bond donors (Lipinski definition) is 2. The summed E-state index contributed by atoms with van der Waals surface area (Å²) in [5, 5.41) is 13.0. The molecular formula is C10H15N5O2S. The highest BCUT2D eigenvalue weighted by molar-refractivity contribution is 7.99. The number of allylic oxidation sites excluding steroid dienone is 1. The number of amides is 3. The molecule has 0 aliphatic rings. The summed E-state index contributed by atoms with van der Waals surface area (Å²) in [6.45, 7) is 6.05. The standard InChI is InChI=1S/C10H15N5O2S/c1-4-5-15-7(2)13-14-10(15)18-6-8(16)12-9(17)11-3/h4H,1,5-6H2,2-3H3,(H2,11,12,16,17). The number of hydrogen-bond acceptors (Lipinski definition) is 5. The zero-order valence-corrected chi connectivity index (χ0v) is 11.1. The zero-order valence-electron chi connectivity index (χ0n) is 10.3. The summed E-state index contributed by atoms with van der Waals surface area (Å²) < 4.78 is 1.84. The molecule has 3 amide bonds. The van der Waals surface area contributed by atoms with Gasteiger partial charge in [0.05, 0.1) is 5.75 Å². The highest BCUT2D eigenvalue weighted by atomic mass is 32.2. The molecule has 0 saturated carbocycles. The zero-order chi connectivity index (χ0) is 13.5. The van der Waals surface area contributed by atoms with Crippen molar-refractivity contribution in [3.8, 4) is 0 Å². The summed E-state index contributed by atoms with van der Waals surface area (Å²) in [7, 11) is 1.44. The topological polar surface area (TPSA) is 88.9 Å². The SMILES string of the molecule is C=CCn1c(C)nnc1SCC(=O)NC(=O)NC. The number of aromatic nitrogens is 3. The lowest BCUT2D eigenvalue weighted by Crippen LogP contribution is -2.38. The van der Waals surface area contributed by atoms with E-state index in [1.165, 1.54) is 18.8 Å². The summed E-state index contributed by atoms with van der Waals surface area (Å²) in [6, 6.07) is -0.524. The summed E-state index contributed by atoms with van der Waals surface area (Å²) in [5.41, 5.74) is 0. The van der Waals surface area contributed by atoms with Gasteiger partial charge < -0.3 is 9.88 Å². The molecule has 98 valence electrons. The number of carbonyl (C=O) groups is 2. The number of nitrogens with zero attached hydrogens (tertiary/aromatic N) is 3. The van der Waals surface area contributed by atoms with Crippen LogP contribution in [0, 0.1) is 6.92 Å². The van der Waals surface area contributed by atoms with E-state index < -0.39 is 6.03 Å². The maximum absolute atomic E-state index is 11.4. The summed E-state index contributed by atoms with van der Waals surface area (Å²) in [6.07, 6.45) is 1.73. The molecule has 0 aliphatic heterocycles. The molecule has 1 aromatic heterocycles. The van der Waals surface area contributed by atoms with Crippen LogP contribution >= 0.6 is 11.8 Å². The van der Waals surface area contributed by atoms with Crippen molar-refractivity contribution in [2.75, 3.05) is 12.8 Å². The summed E-state index contributed by atoms with van der Waals surface area (Å²) in [5.74, 6) is 0.470. The van der Waals surface area contributed by atoms with Crippen LogP contribution in [0.4, 0.5) is 4.79 Å². The van der Waals surface area contributed by atoms with E-state index in [9.17, 15) is 9.59 Å². The Morgan fingerprint density at radius 1 is 1.50 bits per heavy atom. The van der Waals surface area contributed by atoms with Crippen LogP contribution < -0.4 is 10.6 Å². The normalized spacial score (nSPS) is 9.89. The Morgan fingerprint density at radius 2 is 2.22 bits per heavy atom. The second-order valence-electron chi connectivity index (χ2n) is 3.35. The molecule has 0 aliphatic carbocycles. The van der Waals surface area contributed by atoms with Crippen molar-refractivity contribution in [3.05, 3.63) is 18.5 Å². The molecule has 0 bridgehead atoms. The Morgan fingerprint density at radius 3 is 2.83 bits per heavy atom. The minimum absolute atomic E-state index is 0.0999. The van der Waals surface area contributed by atoms with Gasteiger partial charge in [0.15, 0.2) is 5.16 Å². The molecule has 0 aromatic carbocycles. The predicted octanol–water partition coefficient (Wildman–Crippen LogP) is 0.320. The molecule has 18 heavy (non-hydrogen) atoms. The van der Waals surface area contributed by atoms with Crippen LogP contribution in [-0.2, 0) is 11.3 Å². The van der Waals surface area contributed by atoms with Crippen LogP contribution in [0.3, 0.4) is 0 Å². The second-order valence-corrected chi connectivity index (χ2v) is 4.29. The van der Waals surface area contributed by atoms with Crippen LogP contribution in [0.15, 0.2) is 17.8 Å². The Bertz CT molecular complexity index is 457. The van der Waals surface area contributed by atoms with Gasteiger partial charge >= 0.3 is 6.03 Å². The van der Waals surface area contributed by atoms with Crippen molar-refractivity contribution in [1.29, 1.82) is 0 Å². The van der Waals surface area contributed by atoms with Crippen molar-refractivity contribution in [1.82, 2.24) is 25.4 Å². The molecule has 0 saturated heterocycles. The number of thioether (sulfide) groups is 1. The first-order valence-electron chi connectivity index (χ1n) is 5.23. The van der Waals surface area contributed by atoms with Gasteiger partial charge in [-0.1, -0.05) is 17.8 Å². The monoisotopic (exact) mass is 269 g/mol. The molecule has 0 radical (unpaired) electrons. The van der Waals surface area contributed by atoms with E-state index in [1.54, 1.807) is 6.08 Å². The van der Waals surface area contributed by atoms with E-state index in [1.807, 2.05) is 11.5 Å². The molecule has 1 aromatic rings. The highest BCUT2D eigenvalue weighted by Crippen LogP contribution is 2.16. The quantitative estimate of drug-likeness (QED) is 0.593. The molecule has 0 unspecified atom stereocenters. The van der Waals surface area contributed by atoms with Gasteiger partial charge in [0.25, 0.3) is 0 Å². The Balaban J connectivity index is 2.55. The van der Waals surface area contributed by atoms with Gasteiger partial charge in [0.1, 0.15) is 5.82 Å². The molecule has 0 atom stereocenters. The Kier molecular flexibility index (Phi) is 5.37. The van der Waals surface area contributed by atoms with Gasteiger partial charge in [0, 0.05) is 13.6 Å². The first-order valence-corrected chi connectivity index (χ1v) is 6.22. The van der Waals surface area contributed by atoms with Gasteiger partial charge in [-0.2, -0.15) is 0 Å². The molecule has 0 spiro atoms. The maximum Gasteiger partial charge on any atom is 0.321 e. The van der Waals surface area contributed by atoms with Crippen molar-refractivity contribution >= 4 is 23.7 Å². The fraction of sp³-hybridized carbons (Fsp3) is 0.400. The first kappa shape index (κ1) is 14.2. The molecule has 8 heteroatoms. The minimum Gasteiger partial charge on any atom is -0.341 e. The van der Waals surface area contributed by atoms with Crippen molar-refractivity contribution in [2.45, 2.75) is 18.6 Å². The summed E-state index contributed by atoms with van der Waals surface area (Å²) >= 11 is 1.22. The molecule has 0 fully saturated rings. The van der Waals surface area contributed by atoms with Crippen LogP contribution in [0.1, 0.15) is 5.82 Å². The van der Waals surface area contributed by atoms with E-state index in [-0.39, 0.29) is 11.7 Å². The van der Waals surface area contributed by atoms with Crippen LogP contribution in [0.25, 0.3) is 0 Å². The molecule has 1 heterocycles. The Hall–Kier alpha value is -1.83. The van der Waals surface area contributed by atoms with Gasteiger partial charge in [0.2, 0.25) is 5.91 Å². The molecule has 2 N–H and O–H groups in total. The van der Waals surface area contributed by atoms with Crippen LogP contribution in [0.2, 0.25) is 0 Å². The number of carbonyl (C=O) groups excluding carboxylic acids is 2. The lowest BCUT2D eigenvalue weighted by molar-refractivity contribution is -0.117. The second kappa shape index (κ2) is 6.80. The fourth-order valence-electron chi connectivity index (χ4n) is 1.16. The number of rotatable bonds is 5. The number of aryl methyl sites for hydroxylation is 1. The maximum atomic E-state index is 11.4. The third kappa shape index (κ3) is 3.88. The number of urea groups is 1. The smallest absolute Gasteiger partial charge is 0.321 e. The van der Waals surface area contributed by atoms with E-state index in [0.717, 1.165) is 5.82 Å². The predicted molar refractivity (Wildman–Crippen MR) is 68.3 cm³/mol. The van der Waals surface area contributed by atoms with Gasteiger partial charge in [-0.05, 0) is 6.92 Å². The fourth-order valence-corrected chi connectivity index (χ4v) is 1.96. The third-order valence-corrected chi connectivity index (χ3v) is 2.99. The van der Waals surface area contributed by atoms with E-state index in [4.69, 9.17) is 0 Å². The highest BCUT2D eigenvalue weighted by Gasteiger charge is 2.11. The van der Waals surface area contributed by atoms with Gasteiger partial charge in [-0.3, -0.25) is 10.1 Å². The van der Waals surface area contributed by atoms with Crippen molar-refractivity contribution in [2.24, 2.45) is 0 Å². The first-order chi connectivity index (χ1) is 8.58. The molecular weight excluding hydrogens is 254 g/mol. The lowest BCUT2D eigenvalue weighted by atomic mass is 10.6. The van der Waals surface area contributed by atoms with Crippen LogP contribution in [0.5, 0.6) is 0 Å². The molecule has 1 rings (SSSR count). The lowest BCUT2D eigenvalue weighted by Gasteiger charge is -2.05. The molecule has 7 nitrogen and oxygen atoms in total. The van der Waals surface area contributed by atoms with E-state index in [2.05, 4.69) is 27.4 Å². The average molecular weight is 269 g/mol. The summed E-state index contributed by atoms with van der Waals surface area (Å²) in [4.78, 5) is 22.3. The largest absolute Gasteiger partial charge is 0.341 e.